The van der Waals surface area contributed by atoms with Crippen LogP contribution in [0.3, 0.4) is 0 Å². The fourth-order valence-electron chi connectivity index (χ4n) is 2.28. The number of thiol groups is 1. The van der Waals surface area contributed by atoms with Gasteiger partial charge in [0.05, 0.1) is 13.7 Å². The lowest BCUT2D eigenvalue weighted by Gasteiger charge is -2.35. The van der Waals surface area contributed by atoms with Crippen molar-refractivity contribution in [2.75, 3.05) is 32.7 Å². The van der Waals surface area contributed by atoms with Crippen LogP contribution >= 0.6 is 12.6 Å². The fraction of sp³-hybridized carbons (Fsp3) is 0.600. The molecule has 0 bridgehead atoms. The van der Waals surface area contributed by atoms with Crippen molar-refractivity contribution in [2.24, 2.45) is 5.41 Å². The molecule has 4 heteroatoms. The van der Waals surface area contributed by atoms with Gasteiger partial charge in [-0.2, -0.15) is 12.6 Å². The van der Waals surface area contributed by atoms with Gasteiger partial charge in [-0.1, -0.05) is 6.07 Å². The monoisotopic (exact) mass is 282 g/mol. The maximum absolute atomic E-state index is 5.99. The molecule has 0 unspecified atom stereocenters. The Morgan fingerprint density at radius 2 is 2.00 bits per heavy atom. The van der Waals surface area contributed by atoms with Gasteiger partial charge in [0, 0.05) is 18.6 Å². The third kappa shape index (κ3) is 3.57. The molecule has 1 saturated heterocycles. The maximum Gasteiger partial charge on any atom is 0.161 e. The lowest BCUT2D eigenvalue weighted by Crippen LogP contribution is -2.36. The van der Waals surface area contributed by atoms with E-state index in [0.29, 0.717) is 6.61 Å². The van der Waals surface area contributed by atoms with Crippen LogP contribution < -0.4 is 9.47 Å². The Balaban J connectivity index is 2.04. The molecular formula is C15H22O3S. The first-order valence-corrected chi connectivity index (χ1v) is 7.28. The topological polar surface area (TPSA) is 27.7 Å². The standard InChI is InChI=1S/C15H22O3S/c1-12-3-4-13(14(9-12)16-2)18-10-15(11-19)5-7-17-8-6-15/h3-4,9,19H,5-8,10-11H2,1-2H3. The van der Waals surface area contributed by atoms with Crippen LogP contribution in [0.25, 0.3) is 0 Å². The van der Waals surface area contributed by atoms with E-state index in [1.54, 1.807) is 7.11 Å². The van der Waals surface area contributed by atoms with E-state index < -0.39 is 0 Å². The van der Waals surface area contributed by atoms with Crippen molar-refractivity contribution in [1.29, 1.82) is 0 Å². The first-order chi connectivity index (χ1) is 9.19. The Bertz CT molecular complexity index is 414. The summed E-state index contributed by atoms with van der Waals surface area (Å²) in [6.45, 7) is 4.31. The first-order valence-electron chi connectivity index (χ1n) is 6.65. The molecule has 1 fully saturated rings. The van der Waals surface area contributed by atoms with Gasteiger partial charge in [0.2, 0.25) is 0 Å². The Labute approximate surface area is 120 Å². The van der Waals surface area contributed by atoms with Crippen molar-refractivity contribution in [3.05, 3.63) is 23.8 Å². The summed E-state index contributed by atoms with van der Waals surface area (Å²) in [5.74, 6) is 2.42. The summed E-state index contributed by atoms with van der Waals surface area (Å²) < 4.78 is 16.8. The van der Waals surface area contributed by atoms with E-state index >= 15 is 0 Å². The molecule has 3 nitrogen and oxygen atoms in total. The average Bonchev–Trinajstić information content (AvgIpc) is 2.47. The van der Waals surface area contributed by atoms with Crippen molar-refractivity contribution in [2.45, 2.75) is 19.8 Å². The molecule has 0 radical (unpaired) electrons. The summed E-state index contributed by atoms with van der Waals surface area (Å²) in [4.78, 5) is 0. The van der Waals surface area contributed by atoms with Crippen LogP contribution in [0.5, 0.6) is 11.5 Å². The summed E-state index contributed by atoms with van der Waals surface area (Å²) in [6, 6.07) is 6.00. The predicted octanol–water partition coefficient (Wildman–Crippen LogP) is 3.11. The number of hydrogen-bond donors (Lipinski definition) is 1. The summed E-state index contributed by atoms with van der Waals surface area (Å²) in [5, 5.41) is 0. The summed E-state index contributed by atoms with van der Waals surface area (Å²) in [5.41, 5.74) is 1.29. The first kappa shape index (κ1) is 14.5. The number of rotatable bonds is 5. The molecule has 0 N–H and O–H groups in total. The molecular weight excluding hydrogens is 260 g/mol. The van der Waals surface area contributed by atoms with Gasteiger partial charge in [0.15, 0.2) is 11.5 Å². The van der Waals surface area contributed by atoms with Crippen LogP contribution in [-0.4, -0.2) is 32.7 Å². The minimum absolute atomic E-state index is 0.122. The van der Waals surface area contributed by atoms with Crippen molar-refractivity contribution < 1.29 is 14.2 Å². The molecule has 19 heavy (non-hydrogen) atoms. The summed E-state index contributed by atoms with van der Waals surface area (Å²) in [7, 11) is 1.67. The van der Waals surface area contributed by atoms with Crippen LogP contribution in [-0.2, 0) is 4.74 Å². The zero-order chi connectivity index (χ0) is 13.7. The molecule has 0 saturated carbocycles. The zero-order valence-electron chi connectivity index (χ0n) is 11.6. The van der Waals surface area contributed by atoms with Gasteiger partial charge in [0.25, 0.3) is 0 Å². The van der Waals surface area contributed by atoms with Gasteiger partial charge in [0.1, 0.15) is 0 Å². The van der Waals surface area contributed by atoms with Crippen molar-refractivity contribution in [3.63, 3.8) is 0 Å². The minimum atomic E-state index is 0.122. The largest absolute Gasteiger partial charge is 0.493 e. The smallest absolute Gasteiger partial charge is 0.161 e. The lowest BCUT2D eigenvalue weighted by atomic mass is 9.83. The van der Waals surface area contributed by atoms with E-state index in [0.717, 1.165) is 43.3 Å². The van der Waals surface area contributed by atoms with Crippen LogP contribution in [0.2, 0.25) is 0 Å². The molecule has 0 atom stereocenters. The number of ether oxygens (including phenoxy) is 3. The molecule has 1 aromatic carbocycles. The Hall–Kier alpha value is -0.870. The van der Waals surface area contributed by atoms with Crippen LogP contribution in [0.4, 0.5) is 0 Å². The second kappa shape index (κ2) is 6.53. The van der Waals surface area contributed by atoms with Gasteiger partial charge in [-0.25, -0.2) is 0 Å². The van der Waals surface area contributed by atoms with Gasteiger partial charge < -0.3 is 14.2 Å². The third-order valence-corrected chi connectivity index (χ3v) is 4.41. The summed E-state index contributed by atoms with van der Waals surface area (Å²) in [6.07, 6.45) is 2.01. The van der Waals surface area contributed by atoms with E-state index in [2.05, 4.69) is 12.6 Å². The number of methoxy groups -OCH3 is 1. The molecule has 1 aromatic rings. The van der Waals surface area contributed by atoms with Crippen molar-refractivity contribution in [1.82, 2.24) is 0 Å². The minimum Gasteiger partial charge on any atom is -0.493 e. The Morgan fingerprint density at radius 3 is 2.63 bits per heavy atom. The van der Waals surface area contributed by atoms with Crippen LogP contribution in [0.1, 0.15) is 18.4 Å². The molecule has 1 heterocycles. The molecule has 1 aliphatic rings. The molecule has 1 aliphatic heterocycles. The molecule has 2 rings (SSSR count). The number of benzene rings is 1. The molecule has 106 valence electrons. The second-order valence-corrected chi connectivity index (χ2v) is 5.53. The van der Waals surface area contributed by atoms with Gasteiger partial charge >= 0.3 is 0 Å². The molecule has 0 amide bonds. The molecule has 0 aromatic heterocycles. The molecule has 0 spiro atoms. The van der Waals surface area contributed by atoms with Crippen molar-refractivity contribution >= 4 is 12.6 Å². The quantitative estimate of drug-likeness (QED) is 0.841. The van der Waals surface area contributed by atoms with Crippen LogP contribution in [0.15, 0.2) is 18.2 Å². The SMILES string of the molecule is COc1cc(C)ccc1OCC1(CS)CCOCC1. The Morgan fingerprint density at radius 1 is 1.26 bits per heavy atom. The van der Waals surface area contributed by atoms with Gasteiger partial charge in [-0.3, -0.25) is 0 Å². The second-order valence-electron chi connectivity index (χ2n) is 5.21. The predicted molar refractivity (Wildman–Crippen MR) is 79.6 cm³/mol. The highest BCUT2D eigenvalue weighted by Gasteiger charge is 2.32. The van der Waals surface area contributed by atoms with E-state index in [9.17, 15) is 0 Å². The maximum atomic E-state index is 5.99. The van der Waals surface area contributed by atoms with Gasteiger partial charge in [-0.05, 0) is 43.2 Å². The van der Waals surface area contributed by atoms with E-state index in [-0.39, 0.29) is 5.41 Å². The molecule has 0 aliphatic carbocycles. The lowest BCUT2D eigenvalue weighted by molar-refractivity contribution is 0.00270. The highest BCUT2D eigenvalue weighted by atomic mass is 32.1. The highest BCUT2D eigenvalue weighted by molar-refractivity contribution is 7.80. The van der Waals surface area contributed by atoms with Gasteiger partial charge in [-0.15, -0.1) is 0 Å². The average molecular weight is 282 g/mol. The number of aryl methyl sites for hydroxylation is 1. The van der Waals surface area contributed by atoms with E-state index in [1.165, 1.54) is 5.56 Å². The van der Waals surface area contributed by atoms with E-state index in [1.807, 2.05) is 25.1 Å². The third-order valence-electron chi connectivity index (χ3n) is 3.74. The highest BCUT2D eigenvalue weighted by Crippen LogP contribution is 2.35. The van der Waals surface area contributed by atoms with Crippen LogP contribution in [0, 0.1) is 12.3 Å². The number of hydrogen-bond acceptors (Lipinski definition) is 4. The Kier molecular flexibility index (Phi) is 4.99. The van der Waals surface area contributed by atoms with E-state index in [4.69, 9.17) is 14.2 Å². The fourth-order valence-corrected chi connectivity index (χ4v) is 2.68. The van der Waals surface area contributed by atoms with Crippen molar-refractivity contribution in [3.8, 4) is 11.5 Å². The normalized spacial score (nSPS) is 18.1. The summed E-state index contributed by atoms with van der Waals surface area (Å²) >= 11 is 4.49. The zero-order valence-corrected chi connectivity index (χ0v) is 12.5.